The third-order valence-electron chi connectivity index (χ3n) is 4.64. The van der Waals surface area contributed by atoms with E-state index in [1.54, 1.807) is 0 Å². The van der Waals surface area contributed by atoms with Crippen molar-refractivity contribution in [1.82, 2.24) is 25.1 Å². The van der Waals surface area contributed by atoms with Crippen LogP contribution < -0.4 is 5.32 Å². The summed E-state index contributed by atoms with van der Waals surface area (Å²) in [5, 5.41) is 11.1. The van der Waals surface area contributed by atoms with Crippen LogP contribution in [0.4, 0.5) is 11.8 Å². The number of anilines is 2. The predicted molar refractivity (Wildman–Crippen MR) is 110 cm³/mol. The minimum absolute atomic E-state index is 0. The van der Waals surface area contributed by atoms with E-state index in [4.69, 9.17) is 21.6 Å². The molecule has 2 N–H and O–H groups in total. The molecule has 27 heavy (non-hydrogen) atoms. The number of nitrogens with one attached hydrogen (secondary N) is 2. The molecule has 142 valence electrons. The number of aryl methyl sites for hydroxylation is 2. The number of benzene rings is 1. The molecule has 0 unspecified atom stereocenters. The van der Waals surface area contributed by atoms with E-state index in [9.17, 15) is 0 Å². The molecule has 1 aliphatic carbocycles. The Balaban J connectivity index is 0.00000210. The van der Waals surface area contributed by atoms with Gasteiger partial charge in [-0.1, -0.05) is 44.5 Å². The maximum atomic E-state index is 6.38. The second-order valence-corrected chi connectivity index (χ2v) is 6.85. The molecule has 0 radical (unpaired) electrons. The van der Waals surface area contributed by atoms with Gasteiger partial charge in [-0.3, -0.25) is 5.10 Å². The fourth-order valence-electron chi connectivity index (χ4n) is 3.25. The lowest BCUT2D eigenvalue weighted by molar-refractivity contribution is 0.709. The fraction of sp³-hybridized carbons (Fsp3) is 0.400. The van der Waals surface area contributed by atoms with E-state index < -0.39 is 0 Å². The van der Waals surface area contributed by atoms with Crippen LogP contribution in [0.1, 0.15) is 50.7 Å². The Kier molecular flexibility index (Phi) is 6.06. The molecule has 1 aliphatic rings. The Bertz CT molecular complexity index is 921. The third-order valence-corrected chi connectivity index (χ3v) is 4.97. The van der Waals surface area contributed by atoms with Crippen molar-refractivity contribution in [2.45, 2.75) is 52.9 Å². The molecule has 2 aromatic heterocycles. The number of aromatic amines is 1. The van der Waals surface area contributed by atoms with Crippen molar-refractivity contribution in [1.29, 1.82) is 0 Å². The van der Waals surface area contributed by atoms with Gasteiger partial charge in [0.1, 0.15) is 11.6 Å². The molecule has 0 atom stereocenters. The minimum atomic E-state index is 0. The summed E-state index contributed by atoms with van der Waals surface area (Å²) >= 11 is 6.38. The van der Waals surface area contributed by atoms with E-state index in [2.05, 4.69) is 20.5 Å². The Labute approximate surface area is 164 Å². The first-order valence-electron chi connectivity index (χ1n) is 9.07. The zero-order valence-corrected chi connectivity index (χ0v) is 15.5. The minimum Gasteiger partial charge on any atom is -0.307 e. The average Bonchev–Trinajstić information content (AvgIpc) is 2.97. The summed E-state index contributed by atoms with van der Waals surface area (Å²) in [6, 6.07) is 7.68. The van der Waals surface area contributed by atoms with E-state index in [1.807, 2.05) is 31.2 Å². The topological polar surface area (TPSA) is 79.4 Å². The number of hydrogen-bond donors (Lipinski definition) is 2. The van der Waals surface area contributed by atoms with Crippen LogP contribution in [0.5, 0.6) is 0 Å². The molecule has 4 rings (SSSR count). The molecule has 0 aliphatic heterocycles. The van der Waals surface area contributed by atoms with Crippen LogP contribution in [0.2, 0.25) is 5.02 Å². The third kappa shape index (κ3) is 4.11. The highest BCUT2D eigenvalue weighted by Crippen LogP contribution is 2.31. The molecular formula is C20H25ClN6. The van der Waals surface area contributed by atoms with Gasteiger partial charge in [0, 0.05) is 23.2 Å². The van der Waals surface area contributed by atoms with Crippen molar-refractivity contribution >= 4 is 23.4 Å². The normalized spacial score (nSPS) is 13.4. The number of rotatable bonds is 4. The average molecular weight is 385 g/mol. The molecule has 2 heterocycles. The quantitative estimate of drug-likeness (QED) is 0.610. The highest BCUT2D eigenvalue weighted by molar-refractivity contribution is 6.33. The van der Waals surface area contributed by atoms with Gasteiger partial charge in [-0.2, -0.15) is 4.98 Å². The van der Waals surface area contributed by atoms with Crippen LogP contribution in [-0.4, -0.2) is 25.1 Å². The molecule has 0 spiro atoms. The van der Waals surface area contributed by atoms with Crippen molar-refractivity contribution in [3.05, 3.63) is 46.4 Å². The molecule has 1 aromatic carbocycles. The van der Waals surface area contributed by atoms with Crippen molar-refractivity contribution in [3.8, 4) is 11.4 Å². The van der Waals surface area contributed by atoms with Crippen LogP contribution in [0.15, 0.2) is 24.3 Å². The number of fused-ring (bicyclic) bond motifs is 1. The van der Waals surface area contributed by atoms with E-state index in [0.717, 1.165) is 55.0 Å². The maximum absolute atomic E-state index is 6.38. The molecule has 0 saturated heterocycles. The molecule has 3 aromatic rings. The van der Waals surface area contributed by atoms with Gasteiger partial charge in [-0.15, -0.1) is 5.10 Å². The van der Waals surface area contributed by atoms with Crippen LogP contribution in [-0.2, 0) is 19.3 Å². The summed E-state index contributed by atoms with van der Waals surface area (Å²) < 4.78 is 0. The fourth-order valence-corrected chi connectivity index (χ4v) is 3.47. The van der Waals surface area contributed by atoms with Gasteiger partial charge in [0.2, 0.25) is 5.95 Å². The summed E-state index contributed by atoms with van der Waals surface area (Å²) in [6.45, 7) is 2.04. The van der Waals surface area contributed by atoms with Gasteiger partial charge in [0.15, 0.2) is 5.82 Å². The van der Waals surface area contributed by atoms with Gasteiger partial charge in [-0.05, 0) is 37.8 Å². The summed E-state index contributed by atoms with van der Waals surface area (Å²) in [5.41, 5.74) is 3.11. The Morgan fingerprint density at radius 3 is 2.67 bits per heavy atom. The van der Waals surface area contributed by atoms with Gasteiger partial charge < -0.3 is 5.32 Å². The van der Waals surface area contributed by atoms with Gasteiger partial charge >= 0.3 is 0 Å². The van der Waals surface area contributed by atoms with Gasteiger partial charge in [0.05, 0.1) is 5.02 Å². The van der Waals surface area contributed by atoms with Crippen molar-refractivity contribution in [2.24, 2.45) is 0 Å². The zero-order chi connectivity index (χ0) is 17.9. The smallest absolute Gasteiger partial charge is 0.247 e. The first kappa shape index (κ1) is 19.3. The molecule has 0 bridgehead atoms. The SMILES string of the molecule is C.CCc1nc(Nc2nc(-c3ccccc3Cl)nc3c2CCCCC3)n[nH]1. The predicted octanol–water partition coefficient (Wildman–Crippen LogP) is 5.13. The first-order valence-corrected chi connectivity index (χ1v) is 9.45. The summed E-state index contributed by atoms with van der Waals surface area (Å²) in [4.78, 5) is 14.1. The largest absolute Gasteiger partial charge is 0.307 e. The maximum Gasteiger partial charge on any atom is 0.247 e. The van der Waals surface area contributed by atoms with Crippen LogP contribution >= 0.6 is 11.6 Å². The Morgan fingerprint density at radius 2 is 1.89 bits per heavy atom. The van der Waals surface area contributed by atoms with Crippen LogP contribution in [0.25, 0.3) is 11.4 Å². The second kappa shape index (κ2) is 8.48. The molecule has 0 saturated carbocycles. The highest BCUT2D eigenvalue weighted by Gasteiger charge is 2.19. The summed E-state index contributed by atoms with van der Waals surface area (Å²) in [5.74, 6) is 2.81. The Hall–Kier alpha value is -2.47. The van der Waals surface area contributed by atoms with E-state index >= 15 is 0 Å². The van der Waals surface area contributed by atoms with Gasteiger partial charge in [0.25, 0.3) is 0 Å². The monoisotopic (exact) mass is 384 g/mol. The number of H-pyrrole nitrogens is 1. The van der Waals surface area contributed by atoms with Gasteiger partial charge in [-0.25, -0.2) is 9.97 Å². The zero-order valence-electron chi connectivity index (χ0n) is 14.7. The standard InChI is InChI=1S/C19H21ClN6.CH4/c1-2-16-22-19(26-25-16)24-18-13-9-4-3-5-11-15(13)21-17(23-18)12-8-6-7-10-14(12)20;/h6-8,10H,2-5,9,11H2,1H3,(H2,21,22,23,24,25,26);1H4. The van der Waals surface area contributed by atoms with E-state index in [-0.39, 0.29) is 7.43 Å². The molecular weight excluding hydrogens is 360 g/mol. The number of halogens is 1. The lowest BCUT2D eigenvalue weighted by Gasteiger charge is -2.14. The number of aromatic nitrogens is 5. The van der Waals surface area contributed by atoms with Crippen molar-refractivity contribution < 1.29 is 0 Å². The second-order valence-electron chi connectivity index (χ2n) is 6.45. The molecule has 7 heteroatoms. The first-order chi connectivity index (χ1) is 12.7. The molecule has 6 nitrogen and oxygen atoms in total. The van der Waals surface area contributed by atoms with Crippen molar-refractivity contribution in [3.63, 3.8) is 0 Å². The van der Waals surface area contributed by atoms with Crippen molar-refractivity contribution in [2.75, 3.05) is 5.32 Å². The highest BCUT2D eigenvalue weighted by atomic mass is 35.5. The lowest BCUT2D eigenvalue weighted by atomic mass is 10.1. The summed E-state index contributed by atoms with van der Waals surface area (Å²) in [6.07, 6.45) is 6.22. The van der Waals surface area contributed by atoms with Crippen LogP contribution in [0, 0.1) is 0 Å². The molecule has 0 amide bonds. The number of hydrogen-bond acceptors (Lipinski definition) is 5. The summed E-state index contributed by atoms with van der Waals surface area (Å²) in [7, 11) is 0. The van der Waals surface area contributed by atoms with Crippen LogP contribution in [0.3, 0.4) is 0 Å². The molecule has 0 fully saturated rings. The van der Waals surface area contributed by atoms with E-state index in [1.165, 1.54) is 12.0 Å². The number of nitrogens with zero attached hydrogens (tertiary/aromatic N) is 4. The lowest BCUT2D eigenvalue weighted by Crippen LogP contribution is -2.08. The van der Waals surface area contributed by atoms with E-state index in [0.29, 0.717) is 16.8 Å². The Morgan fingerprint density at radius 1 is 1.07 bits per heavy atom.